The molecule has 1 N–H and O–H groups in total. The number of hydrogen-bond acceptors (Lipinski definition) is 7. The summed E-state index contributed by atoms with van der Waals surface area (Å²) in [6, 6.07) is 14.9. The van der Waals surface area contributed by atoms with Crippen molar-refractivity contribution in [3.05, 3.63) is 66.0 Å². The van der Waals surface area contributed by atoms with Crippen LogP contribution in [-0.4, -0.2) is 53.1 Å². The van der Waals surface area contributed by atoms with Crippen molar-refractivity contribution >= 4 is 11.6 Å². The van der Waals surface area contributed by atoms with Crippen LogP contribution in [0, 0.1) is 5.82 Å². The lowest BCUT2D eigenvalue weighted by Crippen LogP contribution is -2.29. The number of carbonyl (C=O) groups excluding carboxylic acids is 1. The van der Waals surface area contributed by atoms with Gasteiger partial charge in [-0.05, 0) is 29.8 Å². The minimum atomic E-state index is -0.403. The molecule has 0 aliphatic rings. The van der Waals surface area contributed by atoms with E-state index >= 15 is 0 Å². The lowest BCUT2D eigenvalue weighted by Gasteiger charge is -2.10. The fourth-order valence-corrected chi connectivity index (χ4v) is 3.22. The van der Waals surface area contributed by atoms with Crippen molar-refractivity contribution < 1.29 is 23.4 Å². The molecule has 0 radical (unpaired) electrons. The van der Waals surface area contributed by atoms with Crippen LogP contribution in [0.1, 0.15) is 5.56 Å². The van der Waals surface area contributed by atoms with Crippen LogP contribution in [0.5, 0.6) is 17.4 Å². The third kappa shape index (κ3) is 5.00. The van der Waals surface area contributed by atoms with Gasteiger partial charge in [-0.3, -0.25) is 4.79 Å². The number of hydrogen-bond donors (Lipinski definition) is 1. The van der Waals surface area contributed by atoms with Gasteiger partial charge in [0.15, 0.2) is 11.5 Å². The van der Waals surface area contributed by atoms with E-state index in [-0.39, 0.29) is 25.5 Å². The predicted octanol–water partition coefficient (Wildman–Crippen LogP) is 2.69. The van der Waals surface area contributed by atoms with Gasteiger partial charge in [-0.25, -0.2) is 4.39 Å². The smallest absolute Gasteiger partial charge is 0.231 e. The minimum absolute atomic E-state index is 0.0371. The van der Waals surface area contributed by atoms with Crippen LogP contribution < -0.4 is 19.5 Å². The number of halogens is 1. The third-order valence-electron chi connectivity index (χ3n) is 4.87. The molecule has 4 aromatic rings. The highest BCUT2D eigenvalue weighted by Crippen LogP contribution is 2.32. The maximum Gasteiger partial charge on any atom is 0.231 e. The molecule has 0 aliphatic carbocycles. The average molecular weight is 451 g/mol. The molecule has 2 aromatic carbocycles. The largest absolute Gasteiger partial charge is 0.497 e. The van der Waals surface area contributed by atoms with Crippen molar-refractivity contribution in [2.75, 3.05) is 27.4 Å². The summed E-state index contributed by atoms with van der Waals surface area (Å²) in [4.78, 5) is 12.0. The first kappa shape index (κ1) is 22.0. The Kier molecular flexibility index (Phi) is 6.63. The van der Waals surface area contributed by atoms with Gasteiger partial charge in [0.1, 0.15) is 23.9 Å². The molecule has 0 bridgehead atoms. The second-order valence-electron chi connectivity index (χ2n) is 7.00. The molecule has 4 rings (SSSR count). The molecule has 0 saturated heterocycles. The summed E-state index contributed by atoms with van der Waals surface area (Å²) >= 11 is 0. The van der Waals surface area contributed by atoms with Gasteiger partial charge >= 0.3 is 0 Å². The van der Waals surface area contributed by atoms with Gasteiger partial charge in [0.25, 0.3) is 0 Å². The molecule has 1 amide bonds. The second-order valence-corrected chi connectivity index (χ2v) is 7.00. The molecule has 2 aromatic heterocycles. The second kappa shape index (κ2) is 9.94. The van der Waals surface area contributed by atoms with Gasteiger partial charge in [-0.1, -0.05) is 18.2 Å². The van der Waals surface area contributed by atoms with Crippen molar-refractivity contribution in [1.82, 2.24) is 25.1 Å². The molecule has 0 fully saturated rings. The number of benzene rings is 2. The molecule has 2 heterocycles. The van der Waals surface area contributed by atoms with Gasteiger partial charge in [0.2, 0.25) is 11.8 Å². The topological polar surface area (TPSA) is 99.9 Å². The average Bonchev–Trinajstić information content (AvgIpc) is 3.26. The first-order valence-electron chi connectivity index (χ1n) is 10.2. The summed E-state index contributed by atoms with van der Waals surface area (Å²) in [5.74, 6) is 1.33. The van der Waals surface area contributed by atoms with E-state index in [1.54, 1.807) is 61.2 Å². The quantitative estimate of drug-likeness (QED) is 0.391. The number of rotatable bonds is 9. The van der Waals surface area contributed by atoms with E-state index in [1.165, 1.54) is 6.07 Å². The number of nitrogens with zero attached hydrogens (tertiary/aromatic N) is 4. The Bertz CT molecular complexity index is 1280. The number of aromatic nitrogens is 4. The SMILES string of the molecule is COc1ccc(-c2nnc3ccc(OCCNC(=O)Cc4ccccc4F)nn23)c(OC)c1. The number of fused-ring (bicyclic) bond motifs is 1. The number of carbonyl (C=O) groups is 1. The van der Waals surface area contributed by atoms with Crippen molar-refractivity contribution in [3.8, 4) is 28.8 Å². The van der Waals surface area contributed by atoms with E-state index in [0.29, 0.717) is 40.0 Å². The van der Waals surface area contributed by atoms with Gasteiger partial charge < -0.3 is 19.5 Å². The monoisotopic (exact) mass is 451 g/mol. The summed E-state index contributed by atoms with van der Waals surface area (Å²) in [6.45, 7) is 0.430. The van der Waals surface area contributed by atoms with Crippen LogP contribution in [0.25, 0.3) is 17.0 Å². The third-order valence-corrected chi connectivity index (χ3v) is 4.87. The van der Waals surface area contributed by atoms with Crippen LogP contribution in [-0.2, 0) is 11.2 Å². The molecule has 10 heteroatoms. The molecule has 170 valence electrons. The van der Waals surface area contributed by atoms with Crippen molar-refractivity contribution in [2.45, 2.75) is 6.42 Å². The van der Waals surface area contributed by atoms with Crippen molar-refractivity contribution in [3.63, 3.8) is 0 Å². The Morgan fingerprint density at radius 2 is 1.91 bits per heavy atom. The summed E-state index contributed by atoms with van der Waals surface area (Å²) < 4.78 is 31.6. The number of methoxy groups -OCH3 is 2. The molecule has 0 unspecified atom stereocenters. The Labute approximate surface area is 189 Å². The van der Waals surface area contributed by atoms with Crippen molar-refractivity contribution in [1.29, 1.82) is 0 Å². The zero-order valence-corrected chi connectivity index (χ0v) is 18.1. The zero-order chi connectivity index (χ0) is 23.2. The molecule has 0 aliphatic heterocycles. The van der Waals surface area contributed by atoms with Crippen LogP contribution in [0.2, 0.25) is 0 Å². The summed E-state index contributed by atoms with van der Waals surface area (Å²) in [7, 11) is 3.14. The van der Waals surface area contributed by atoms with E-state index in [1.807, 2.05) is 6.07 Å². The Morgan fingerprint density at radius 1 is 1.06 bits per heavy atom. The van der Waals surface area contributed by atoms with Crippen LogP contribution in [0.15, 0.2) is 54.6 Å². The van der Waals surface area contributed by atoms with E-state index < -0.39 is 5.82 Å². The van der Waals surface area contributed by atoms with E-state index in [4.69, 9.17) is 14.2 Å². The van der Waals surface area contributed by atoms with E-state index in [0.717, 1.165) is 0 Å². The predicted molar refractivity (Wildman–Crippen MR) is 118 cm³/mol. The summed E-state index contributed by atoms with van der Waals surface area (Å²) in [6.07, 6.45) is -0.0371. The lowest BCUT2D eigenvalue weighted by molar-refractivity contribution is -0.120. The van der Waals surface area contributed by atoms with Crippen LogP contribution in [0.3, 0.4) is 0 Å². The first-order valence-corrected chi connectivity index (χ1v) is 10.2. The molecule has 0 saturated carbocycles. The Hall–Kier alpha value is -4.21. The zero-order valence-electron chi connectivity index (χ0n) is 18.1. The molecular weight excluding hydrogens is 429 g/mol. The standard InChI is InChI=1S/C23H22FN5O4/c1-31-16-7-8-17(19(14-16)32-2)23-27-26-20-9-10-22(28-29(20)23)33-12-11-25-21(30)13-15-5-3-4-6-18(15)24/h3-10,14H,11-13H2,1-2H3,(H,25,30). The number of amides is 1. The highest BCUT2D eigenvalue weighted by molar-refractivity contribution is 5.78. The minimum Gasteiger partial charge on any atom is -0.497 e. The van der Waals surface area contributed by atoms with Gasteiger partial charge in [-0.15, -0.1) is 15.3 Å². The number of nitrogens with one attached hydrogen (secondary N) is 1. The molecule has 33 heavy (non-hydrogen) atoms. The Morgan fingerprint density at radius 3 is 2.70 bits per heavy atom. The normalized spacial score (nSPS) is 10.8. The molecule has 0 atom stereocenters. The lowest BCUT2D eigenvalue weighted by atomic mass is 10.1. The number of ether oxygens (including phenoxy) is 3. The van der Waals surface area contributed by atoms with Gasteiger partial charge in [-0.2, -0.15) is 4.52 Å². The first-order chi connectivity index (χ1) is 16.1. The van der Waals surface area contributed by atoms with E-state index in [9.17, 15) is 9.18 Å². The van der Waals surface area contributed by atoms with Crippen LogP contribution in [0.4, 0.5) is 4.39 Å². The fraction of sp³-hybridized carbons (Fsp3) is 0.217. The maximum atomic E-state index is 13.7. The van der Waals surface area contributed by atoms with Gasteiger partial charge in [0, 0.05) is 12.1 Å². The molecular formula is C23H22FN5O4. The highest BCUT2D eigenvalue weighted by atomic mass is 19.1. The van der Waals surface area contributed by atoms with Crippen LogP contribution >= 0.6 is 0 Å². The molecule has 9 nitrogen and oxygen atoms in total. The fourth-order valence-electron chi connectivity index (χ4n) is 3.22. The van der Waals surface area contributed by atoms with E-state index in [2.05, 4.69) is 20.6 Å². The van der Waals surface area contributed by atoms with Crippen molar-refractivity contribution in [2.24, 2.45) is 0 Å². The molecule has 0 spiro atoms. The summed E-state index contributed by atoms with van der Waals surface area (Å²) in [5, 5.41) is 15.5. The maximum absolute atomic E-state index is 13.7. The Balaban J connectivity index is 1.41. The van der Waals surface area contributed by atoms with Gasteiger partial charge in [0.05, 0.1) is 32.7 Å². The summed E-state index contributed by atoms with van der Waals surface area (Å²) in [5.41, 5.74) is 1.57. The highest BCUT2D eigenvalue weighted by Gasteiger charge is 2.16.